The van der Waals surface area contributed by atoms with Crippen LogP contribution >= 0.6 is 11.6 Å². The quantitative estimate of drug-likeness (QED) is 0.619. The number of nitrogens with zero attached hydrogens (tertiary/aromatic N) is 2. The van der Waals surface area contributed by atoms with Crippen molar-refractivity contribution in [2.45, 2.75) is 13.5 Å². The van der Waals surface area contributed by atoms with Gasteiger partial charge in [-0.15, -0.1) is 0 Å². The number of amides is 1. The summed E-state index contributed by atoms with van der Waals surface area (Å²) in [5.41, 5.74) is 1.73. The second kappa shape index (κ2) is 8.58. The zero-order valence-electron chi connectivity index (χ0n) is 15.1. The Morgan fingerprint density at radius 2 is 2.04 bits per heavy atom. The van der Waals surface area contributed by atoms with Crippen LogP contribution in [0.4, 0.5) is 5.82 Å². The minimum absolute atomic E-state index is 0.0128. The van der Waals surface area contributed by atoms with Crippen LogP contribution in [0.2, 0.25) is 5.02 Å². The highest BCUT2D eigenvalue weighted by atomic mass is 35.5. The number of ether oxygens (including phenoxy) is 1. The predicted octanol–water partition coefficient (Wildman–Crippen LogP) is 3.39. The number of esters is 1. The van der Waals surface area contributed by atoms with Crippen molar-refractivity contribution in [2.24, 2.45) is 0 Å². The normalized spacial score (nSPS) is 10.5. The Morgan fingerprint density at radius 3 is 2.82 bits per heavy atom. The maximum Gasteiger partial charge on any atom is 0.342 e. The maximum absolute atomic E-state index is 12.1. The van der Waals surface area contributed by atoms with Gasteiger partial charge in [0.05, 0.1) is 12.7 Å². The molecule has 0 radical (unpaired) electrons. The molecule has 0 saturated heterocycles. The van der Waals surface area contributed by atoms with E-state index >= 15 is 0 Å². The Balaban J connectivity index is 1.59. The van der Waals surface area contributed by atoms with Gasteiger partial charge in [0.15, 0.2) is 6.61 Å². The molecule has 0 aliphatic carbocycles. The van der Waals surface area contributed by atoms with Gasteiger partial charge in [-0.05, 0) is 36.8 Å². The SMILES string of the molecule is Cc1ccc(O)c(C(=O)OCC(=O)Nc2ccnn2Cc2cccc(Cl)c2)c1. The molecular weight excluding hydrogens is 382 g/mol. The van der Waals surface area contributed by atoms with Gasteiger partial charge in [-0.3, -0.25) is 4.79 Å². The number of aromatic nitrogens is 2. The van der Waals surface area contributed by atoms with Crippen molar-refractivity contribution in [1.29, 1.82) is 0 Å². The summed E-state index contributed by atoms with van der Waals surface area (Å²) in [4.78, 5) is 24.2. The van der Waals surface area contributed by atoms with Gasteiger partial charge in [0.1, 0.15) is 17.1 Å². The summed E-state index contributed by atoms with van der Waals surface area (Å²) in [6.07, 6.45) is 1.55. The summed E-state index contributed by atoms with van der Waals surface area (Å²) < 4.78 is 6.59. The number of carbonyl (C=O) groups excluding carboxylic acids is 2. The molecule has 0 aliphatic heterocycles. The van der Waals surface area contributed by atoms with Crippen LogP contribution in [-0.4, -0.2) is 33.4 Å². The molecule has 0 spiro atoms. The Bertz CT molecular complexity index is 1020. The van der Waals surface area contributed by atoms with E-state index in [1.54, 1.807) is 36.0 Å². The second-order valence-corrected chi connectivity index (χ2v) is 6.59. The Hall–Kier alpha value is -3.32. The Morgan fingerprint density at radius 1 is 1.21 bits per heavy atom. The first-order valence-corrected chi connectivity index (χ1v) is 8.83. The number of aryl methyl sites for hydroxylation is 1. The first-order chi connectivity index (χ1) is 13.4. The molecular formula is C20H18ClN3O4. The summed E-state index contributed by atoms with van der Waals surface area (Å²) in [5, 5.41) is 17.2. The average molecular weight is 400 g/mol. The topological polar surface area (TPSA) is 93.4 Å². The number of rotatable bonds is 6. The van der Waals surface area contributed by atoms with Gasteiger partial charge in [-0.2, -0.15) is 5.10 Å². The molecule has 0 fully saturated rings. The molecule has 3 aromatic rings. The fourth-order valence-electron chi connectivity index (χ4n) is 2.57. The van der Waals surface area contributed by atoms with E-state index in [0.717, 1.165) is 11.1 Å². The summed E-state index contributed by atoms with van der Waals surface area (Å²) in [6.45, 7) is 1.71. The summed E-state index contributed by atoms with van der Waals surface area (Å²) in [7, 11) is 0. The van der Waals surface area contributed by atoms with Gasteiger partial charge in [0.2, 0.25) is 0 Å². The third-order valence-corrected chi connectivity index (χ3v) is 4.15. The number of phenolic OH excluding ortho intramolecular Hbond substituents is 1. The number of phenols is 1. The minimum atomic E-state index is -0.774. The Kier molecular flexibility index (Phi) is 5.96. The zero-order valence-corrected chi connectivity index (χ0v) is 15.8. The van der Waals surface area contributed by atoms with Crippen molar-refractivity contribution < 1.29 is 19.4 Å². The number of hydrogen-bond donors (Lipinski definition) is 2. The van der Waals surface area contributed by atoms with Gasteiger partial charge < -0.3 is 15.2 Å². The molecule has 8 heteroatoms. The van der Waals surface area contributed by atoms with Crippen LogP contribution in [0, 0.1) is 6.92 Å². The monoisotopic (exact) mass is 399 g/mol. The number of carbonyl (C=O) groups is 2. The summed E-state index contributed by atoms with van der Waals surface area (Å²) >= 11 is 5.99. The number of benzene rings is 2. The first-order valence-electron chi connectivity index (χ1n) is 8.45. The van der Waals surface area contributed by atoms with Crippen molar-refractivity contribution in [3.8, 4) is 5.75 Å². The van der Waals surface area contributed by atoms with E-state index in [4.69, 9.17) is 16.3 Å². The van der Waals surface area contributed by atoms with Crippen molar-refractivity contribution in [1.82, 2.24) is 9.78 Å². The van der Waals surface area contributed by atoms with Crippen molar-refractivity contribution in [3.05, 3.63) is 76.4 Å². The molecule has 2 N–H and O–H groups in total. The van der Waals surface area contributed by atoms with Crippen LogP contribution in [0.15, 0.2) is 54.7 Å². The van der Waals surface area contributed by atoms with Crippen LogP contribution < -0.4 is 5.32 Å². The van der Waals surface area contributed by atoms with Crippen molar-refractivity contribution in [2.75, 3.05) is 11.9 Å². The summed E-state index contributed by atoms with van der Waals surface area (Å²) in [5.74, 6) is -1.04. The second-order valence-electron chi connectivity index (χ2n) is 6.15. The molecule has 1 heterocycles. The molecule has 0 aliphatic rings. The van der Waals surface area contributed by atoms with Gasteiger partial charge >= 0.3 is 5.97 Å². The lowest BCUT2D eigenvalue weighted by Crippen LogP contribution is -2.22. The molecule has 0 bridgehead atoms. The van der Waals surface area contributed by atoms with E-state index < -0.39 is 18.5 Å². The Labute approximate surface area is 166 Å². The van der Waals surface area contributed by atoms with E-state index in [0.29, 0.717) is 17.4 Å². The minimum Gasteiger partial charge on any atom is -0.507 e. The fourth-order valence-corrected chi connectivity index (χ4v) is 2.79. The van der Waals surface area contributed by atoms with Crippen LogP contribution in [-0.2, 0) is 16.1 Å². The maximum atomic E-state index is 12.1. The van der Waals surface area contributed by atoms with Crippen LogP contribution in [0.25, 0.3) is 0 Å². The van der Waals surface area contributed by atoms with Crippen LogP contribution in [0.3, 0.4) is 0 Å². The highest BCUT2D eigenvalue weighted by Gasteiger charge is 2.15. The lowest BCUT2D eigenvalue weighted by molar-refractivity contribution is -0.119. The molecule has 2 aromatic carbocycles. The van der Waals surface area contributed by atoms with Crippen LogP contribution in [0.1, 0.15) is 21.5 Å². The van der Waals surface area contributed by atoms with Gasteiger partial charge in [-0.25, -0.2) is 9.48 Å². The lowest BCUT2D eigenvalue weighted by atomic mass is 10.1. The van der Waals surface area contributed by atoms with Gasteiger partial charge in [-0.1, -0.05) is 35.4 Å². The molecule has 28 heavy (non-hydrogen) atoms. The first kappa shape index (κ1) is 19.4. The van der Waals surface area contributed by atoms with E-state index in [-0.39, 0.29) is 11.3 Å². The molecule has 1 amide bonds. The van der Waals surface area contributed by atoms with Crippen LogP contribution in [0.5, 0.6) is 5.75 Å². The standard InChI is InChI=1S/C20H18ClN3O4/c1-13-5-6-17(25)16(9-13)20(27)28-12-19(26)23-18-7-8-22-24(18)11-14-3-2-4-15(21)10-14/h2-10,25H,11-12H2,1H3,(H,23,26). The van der Waals surface area contributed by atoms with E-state index in [2.05, 4.69) is 10.4 Å². The number of hydrogen-bond acceptors (Lipinski definition) is 5. The number of anilines is 1. The largest absolute Gasteiger partial charge is 0.507 e. The molecule has 3 rings (SSSR count). The molecule has 0 saturated carbocycles. The third-order valence-electron chi connectivity index (χ3n) is 3.91. The average Bonchev–Trinajstić information content (AvgIpc) is 3.08. The lowest BCUT2D eigenvalue weighted by Gasteiger charge is -2.10. The van der Waals surface area contributed by atoms with E-state index in [9.17, 15) is 14.7 Å². The van der Waals surface area contributed by atoms with Crippen molar-refractivity contribution >= 4 is 29.3 Å². The molecule has 7 nitrogen and oxygen atoms in total. The molecule has 1 aromatic heterocycles. The third kappa shape index (κ3) is 4.89. The molecule has 0 unspecified atom stereocenters. The zero-order chi connectivity index (χ0) is 20.1. The molecule has 144 valence electrons. The predicted molar refractivity (Wildman–Crippen MR) is 105 cm³/mol. The number of halogens is 1. The smallest absolute Gasteiger partial charge is 0.342 e. The van der Waals surface area contributed by atoms with Crippen molar-refractivity contribution in [3.63, 3.8) is 0 Å². The van der Waals surface area contributed by atoms with E-state index in [1.807, 2.05) is 18.2 Å². The highest BCUT2D eigenvalue weighted by Crippen LogP contribution is 2.19. The number of nitrogens with one attached hydrogen (secondary N) is 1. The van der Waals surface area contributed by atoms with Gasteiger partial charge in [0, 0.05) is 11.1 Å². The highest BCUT2D eigenvalue weighted by molar-refractivity contribution is 6.30. The number of aromatic hydroxyl groups is 1. The molecule has 0 atom stereocenters. The van der Waals surface area contributed by atoms with E-state index in [1.165, 1.54) is 12.1 Å². The summed E-state index contributed by atoms with van der Waals surface area (Å²) in [6, 6.07) is 13.5. The fraction of sp³-hybridized carbons (Fsp3) is 0.150. The van der Waals surface area contributed by atoms with Gasteiger partial charge in [0.25, 0.3) is 5.91 Å².